The van der Waals surface area contributed by atoms with Gasteiger partial charge in [0.25, 0.3) is 5.91 Å². The molecule has 0 atom stereocenters. The van der Waals surface area contributed by atoms with Crippen LogP contribution < -0.4 is 10.6 Å². The number of carbonyl (C=O) groups excluding carboxylic acids is 1. The SMILES string of the molecule is CCSc1cccnc1C(=O)Nc1cc(C(F)(F)F)cnc1NCCF. The molecule has 2 N–H and O–H groups in total. The number of carbonyl (C=O) groups is 1. The number of amides is 1. The van der Waals surface area contributed by atoms with Crippen LogP contribution >= 0.6 is 11.8 Å². The van der Waals surface area contributed by atoms with E-state index in [-0.39, 0.29) is 23.7 Å². The Balaban J connectivity index is 2.35. The molecule has 10 heteroatoms. The third-order valence-corrected chi connectivity index (χ3v) is 4.06. The molecule has 1 amide bonds. The number of alkyl halides is 4. The number of halogens is 4. The molecule has 0 bridgehead atoms. The molecule has 0 aliphatic carbocycles. The number of pyridine rings is 2. The minimum Gasteiger partial charge on any atom is -0.366 e. The van der Waals surface area contributed by atoms with Crippen molar-refractivity contribution in [1.29, 1.82) is 0 Å². The first kappa shape index (κ1) is 20.0. The van der Waals surface area contributed by atoms with E-state index in [1.165, 1.54) is 18.0 Å². The third kappa shape index (κ3) is 5.07. The van der Waals surface area contributed by atoms with Crippen LogP contribution in [0.2, 0.25) is 0 Å². The molecule has 26 heavy (non-hydrogen) atoms. The Kier molecular flexibility index (Phi) is 6.78. The van der Waals surface area contributed by atoms with Gasteiger partial charge >= 0.3 is 6.18 Å². The lowest BCUT2D eigenvalue weighted by Gasteiger charge is -2.15. The van der Waals surface area contributed by atoms with Gasteiger partial charge in [-0.2, -0.15) is 13.2 Å². The Morgan fingerprint density at radius 2 is 2.08 bits per heavy atom. The zero-order chi connectivity index (χ0) is 19.2. The average molecular weight is 388 g/mol. The van der Waals surface area contributed by atoms with E-state index in [9.17, 15) is 22.4 Å². The van der Waals surface area contributed by atoms with Crippen LogP contribution in [-0.4, -0.2) is 34.8 Å². The average Bonchev–Trinajstić information content (AvgIpc) is 2.60. The fourth-order valence-corrected chi connectivity index (χ4v) is 2.80. The fourth-order valence-electron chi connectivity index (χ4n) is 2.04. The van der Waals surface area contributed by atoms with Crippen molar-refractivity contribution in [2.45, 2.75) is 18.0 Å². The van der Waals surface area contributed by atoms with Crippen LogP contribution in [0.25, 0.3) is 0 Å². The van der Waals surface area contributed by atoms with Gasteiger partial charge in [-0.3, -0.25) is 4.79 Å². The normalized spacial score (nSPS) is 11.3. The predicted molar refractivity (Wildman–Crippen MR) is 92.3 cm³/mol. The summed E-state index contributed by atoms with van der Waals surface area (Å²) in [4.78, 5) is 20.8. The molecule has 0 radical (unpaired) electrons. The molecular formula is C16H16F4N4OS. The highest BCUT2D eigenvalue weighted by molar-refractivity contribution is 7.99. The maximum atomic E-state index is 12.9. The summed E-state index contributed by atoms with van der Waals surface area (Å²) in [5.74, 6) is -0.0315. The lowest BCUT2D eigenvalue weighted by atomic mass is 10.2. The maximum Gasteiger partial charge on any atom is 0.417 e. The predicted octanol–water partition coefficient (Wildman–Crippen LogP) is 4.24. The van der Waals surface area contributed by atoms with Gasteiger partial charge in [0.05, 0.1) is 11.3 Å². The van der Waals surface area contributed by atoms with Crippen LogP contribution in [0, 0.1) is 0 Å². The molecule has 5 nitrogen and oxygen atoms in total. The first-order valence-corrected chi connectivity index (χ1v) is 8.61. The number of rotatable bonds is 7. The smallest absolute Gasteiger partial charge is 0.366 e. The van der Waals surface area contributed by atoms with Crippen LogP contribution in [0.1, 0.15) is 23.0 Å². The molecule has 0 saturated heterocycles. The highest BCUT2D eigenvalue weighted by Gasteiger charge is 2.32. The maximum absolute atomic E-state index is 12.9. The highest BCUT2D eigenvalue weighted by Crippen LogP contribution is 2.33. The van der Waals surface area contributed by atoms with Crippen LogP contribution in [0.15, 0.2) is 35.5 Å². The Bertz CT molecular complexity index is 770. The van der Waals surface area contributed by atoms with Crippen LogP contribution in [0.4, 0.5) is 29.1 Å². The van der Waals surface area contributed by atoms with E-state index in [2.05, 4.69) is 20.6 Å². The Morgan fingerprint density at radius 1 is 1.31 bits per heavy atom. The second-order valence-electron chi connectivity index (χ2n) is 4.97. The summed E-state index contributed by atoms with van der Waals surface area (Å²) < 4.78 is 51.2. The first-order chi connectivity index (χ1) is 12.4. The van der Waals surface area contributed by atoms with E-state index in [1.807, 2.05) is 6.92 Å². The number of hydrogen-bond donors (Lipinski definition) is 2. The topological polar surface area (TPSA) is 66.9 Å². The number of nitrogens with one attached hydrogen (secondary N) is 2. The molecule has 0 unspecified atom stereocenters. The van der Waals surface area contributed by atoms with Gasteiger partial charge in [-0.15, -0.1) is 11.8 Å². The fraction of sp³-hybridized carbons (Fsp3) is 0.312. The quantitative estimate of drug-likeness (QED) is 0.549. The second-order valence-corrected chi connectivity index (χ2v) is 6.28. The number of thioether (sulfide) groups is 1. The minimum atomic E-state index is -4.63. The molecule has 2 rings (SSSR count). The van der Waals surface area contributed by atoms with Gasteiger partial charge in [0.1, 0.15) is 18.2 Å². The Labute approximate surface area is 151 Å². The minimum absolute atomic E-state index is 0.0513. The van der Waals surface area contributed by atoms with Gasteiger partial charge in [0.2, 0.25) is 0 Å². The van der Waals surface area contributed by atoms with E-state index >= 15 is 0 Å². The Morgan fingerprint density at radius 3 is 2.73 bits per heavy atom. The zero-order valence-electron chi connectivity index (χ0n) is 13.7. The number of nitrogens with zero attached hydrogens (tertiary/aromatic N) is 2. The largest absolute Gasteiger partial charge is 0.417 e. The van der Waals surface area contributed by atoms with Gasteiger partial charge in [-0.05, 0) is 24.0 Å². The van der Waals surface area contributed by atoms with E-state index in [4.69, 9.17) is 0 Å². The lowest BCUT2D eigenvalue weighted by molar-refractivity contribution is -0.137. The Hall–Kier alpha value is -2.36. The van der Waals surface area contributed by atoms with E-state index in [0.717, 1.165) is 6.07 Å². The number of anilines is 2. The summed E-state index contributed by atoms with van der Waals surface area (Å²) >= 11 is 1.38. The van der Waals surface area contributed by atoms with Crippen molar-refractivity contribution >= 4 is 29.2 Å². The van der Waals surface area contributed by atoms with Gasteiger partial charge < -0.3 is 10.6 Å². The van der Waals surface area contributed by atoms with Crippen molar-refractivity contribution in [1.82, 2.24) is 9.97 Å². The molecule has 2 aromatic heterocycles. The molecule has 0 saturated carbocycles. The summed E-state index contributed by atoms with van der Waals surface area (Å²) in [6, 6.07) is 4.11. The van der Waals surface area contributed by atoms with E-state index < -0.39 is 24.3 Å². The van der Waals surface area contributed by atoms with Crippen LogP contribution in [-0.2, 0) is 6.18 Å². The number of hydrogen-bond acceptors (Lipinski definition) is 5. The molecule has 2 aromatic rings. The van der Waals surface area contributed by atoms with Crippen LogP contribution in [0.3, 0.4) is 0 Å². The lowest BCUT2D eigenvalue weighted by Crippen LogP contribution is -2.18. The van der Waals surface area contributed by atoms with Crippen molar-refractivity contribution in [3.05, 3.63) is 41.9 Å². The van der Waals surface area contributed by atoms with Crippen molar-refractivity contribution in [2.24, 2.45) is 0 Å². The molecule has 0 spiro atoms. The van der Waals surface area contributed by atoms with Crippen molar-refractivity contribution in [3.8, 4) is 0 Å². The zero-order valence-corrected chi connectivity index (χ0v) is 14.5. The van der Waals surface area contributed by atoms with Crippen molar-refractivity contribution < 1.29 is 22.4 Å². The van der Waals surface area contributed by atoms with E-state index in [0.29, 0.717) is 16.8 Å². The van der Waals surface area contributed by atoms with Gasteiger partial charge in [-0.1, -0.05) is 6.92 Å². The number of aromatic nitrogens is 2. The molecule has 140 valence electrons. The van der Waals surface area contributed by atoms with Crippen LogP contribution in [0.5, 0.6) is 0 Å². The molecule has 0 fully saturated rings. The molecule has 2 heterocycles. The molecule has 0 aliphatic heterocycles. The standard InChI is InChI=1S/C16H16F4N4OS/c1-2-26-12-4-3-6-21-13(12)15(25)24-11-8-10(16(18,19)20)9-23-14(11)22-7-5-17/h3-4,6,8-9H,2,5,7H2,1H3,(H,22,23)(H,24,25). The molecular weight excluding hydrogens is 372 g/mol. The molecule has 0 aromatic carbocycles. The van der Waals surface area contributed by atoms with Crippen molar-refractivity contribution in [3.63, 3.8) is 0 Å². The summed E-state index contributed by atoms with van der Waals surface area (Å²) in [7, 11) is 0. The van der Waals surface area contributed by atoms with Crippen molar-refractivity contribution in [2.75, 3.05) is 29.6 Å². The summed E-state index contributed by atoms with van der Waals surface area (Å²) in [5.41, 5.74) is -1.13. The molecule has 0 aliphatic rings. The summed E-state index contributed by atoms with van der Waals surface area (Å²) in [5, 5.41) is 4.93. The van der Waals surface area contributed by atoms with Gasteiger partial charge in [-0.25, -0.2) is 14.4 Å². The summed E-state index contributed by atoms with van der Waals surface area (Å²) in [6.45, 7) is 1.00. The summed E-state index contributed by atoms with van der Waals surface area (Å²) in [6.07, 6.45) is -2.59. The monoisotopic (exact) mass is 388 g/mol. The van der Waals surface area contributed by atoms with E-state index in [1.54, 1.807) is 12.1 Å². The third-order valence-electron chi connectivity index (χ3n) is 3.14. The van der Waals surface area contributed by atoms with Gasteiger partial charge in [0.15, 0.2) is 0 Å². The first-order valence-electron chi connectivity index (χ1n) is 7.63. The second kappa shape index (κ2) is 8.84. The highest BCUT2D eigenvalue weighted by atomic mass is 32.2. The van der Waals surface area contributed by atoms with Gasteiger partial charge in [0, 0.05) is 23.8 Å².